The van der Waals surface area contributed by atoms with Crippen LogP contribution in [0.2, 0.25) is 0 Å². The zero-order chi connectivity index (χ0) is 15.0. The summed E-state index contributed by atoms with van der Waals surface area (Å²) in [5, 5.41) is 3.51. The molecule has 1 aliphatic carbocycles. The molecule has 3 rings (SSSR count). The lowest BCUT2D eigenvalue weighted by molar-refractivity contribution is -0.125. The van der Waals surface area contributed by atoms with E-state index in [-0.39, 0.29) is 11.9 Å². The number of carbonyl (C=O) groups is 1. The van der Waals surface area contributed by atoms with E-state index in [0.29, 0.717) is 6.54 Å². The van der Waals surface area contributed by atoms with Crippen LogP contribution in [0.4, 0.5) is 0 Å². The van der Waals surface area contributed by atoms with Crippen LogP contribution < -0.4 is 11.1 Å². The van der Waals surface area contributed by atoms with Gasteiger partial charge in [0.2, 0.25) is 5.91 Å². The van der Waals surface area contributed by atoms with E-state index < -0.39 is 5.41 Å². The number of nitrogens with one attached hydrogen (secondary N) is 1. The Morgan fingerprint density at radius 1 is 1.05 bits per heavy atom. The number of hydrogen-bond acceptors (Lipinski definition) is 2. The summed E-state index contributed by atoms with van der Waals surface area (Å²) in [7, 11) is 0. The first-order valence-electron chi connectivity index (χ1n) is 7.22. The number of hydrogen-bond donors (Lipinski definition) is 2. The minimum atomic E-state index is -0.563. The highest BCUT2D eigenvalue weighted by Gasteiger charge is 2.31. The molecule has 108 valence electrons. The molecule has 0 saturated heterocycles. The molecule has 2 aromatic rings. The van der Waals surface area contributed by atoms with Crippen LogP contribution in [0.1, 0.15) is 31.0 Å². The van der Waals surface area contributed by atoms with Crippen LogP contribution in [-0.4, -0.2) is 12.5 Å². The predicted molar refractivity (Wildman–Crippen MR) is 84.7 cm³/mol. The summed E-state index contributed by atoms with van der Waals surface area (Å²) in [6.45, 7) is 4.29. The molecule has 1 amide bonds. The number of rotatable bonds is 4. The van der Waals surface area contributed by atoms with E-state index in [9.17, 15) is 4.79 Å². The van der Waals surface area contributed by atoms with Crippen LogP contribution in [0.15, 0.2) is 48.5 Å². The lowest BCUT2D eigenvalue weighted by atomic mass is 9.91. The molecule has 0 radical (unpaired) electrons. The molecule has 0 heterocycles. The van der Waals surface area contributed by atoms with Crippen LogP contribution >= 0.6 is 0 Å². The van der Waals surface area contributed by atoms with Gasteiger partial charge in [-0.05, 0) is 36.1 Å². The highest BCUT2D eigenvalue weighted by molar-refractivity contribution is 5.80. The Morgan fingerprint density at radius 3 is 2.00 bits per heavy atom. The van der Waals surface area contributed by atoms with Crippen molar-refractivity contribution in [2.75, 3.05) is 6.54 Å². The smallest absolute Gasteiger partial charge is 0.224 e. The first kappa shape index (κ1) is 13.8. The minimum absolute atomic E-state index is 0.121. The van der Waals surface area contributed by atoms with Gasteiger partial charge >= 0.3 is 0 Å². The predicted octanol–water partition coefficient (Wildman–Crippen LogP) is 2.86. The molecule has 0 spiro atoms. The van der Waals surface area contributed by atoms with Gasteiger partial charge in [0.05, 0.1) is 11.5 Å². The van der Waals surface area contributed by atoms with Gasteiger partial charge in [-0.1, -0.05) is 48.5 Å². The second-order valence-corrected chi connectivity index (χ2v) is 6.24. The maximum atomic E-state index is 11.5. The Bertz CT molecular complexity index is 646. The van der Waals surface area contributed by atoms with Crippen LogP contribution in [-0.2, 0) is 4.79 Å². The fourth-order valence-corrected chi connectivity index (χ4v) is 2.82. The van der Waals surface area contributed by atoms with E-state index in [0.717, 1.165) is 0 Å². The number of nitrogens with two attached hydrogens (primary N) is 1. The maximum Gasteiger partial charge on any atom is 0.224 e. The fourth-order valence-electron chi connectivity index (χ4n) is 2.82. The molecule has 2 aromatic carbocycles. The summed E-state index contributed by atoms with van der Waals surface area (Å²) in [4.78, 5) is 11.5. The van der Waals surface area contributed by atoms with Crippen LogP contribution in [0.25, 0.3) is 11.1 Å². The van der Waals surface area contributed by atoms with Crippen LogP contribution in [0, 0.1) is 5.41 Å². The molecule has 0 bridgehead atoms. The third-order valence-electron chi connectivity index (χ3n) is 4.25. The molecule has 3 N–H and O–H groups in total. The number of benzene rings is 2. The van der Waals surface area contributed by atoms with Gasteiger partial charge in [-0.25, -0.2) is 0 Å². The minimum Gasteiger partial charge on any atom is -0.369 e. The van der Waals surface area contributed by atoms with Gasteiger partial charge in [0.15, 0.2) is 0 Å². The van der Waals surface area contributed by atoms with Crippen LogP contribution in [0.3, 0.4) is 0 Å². The van der Waals surface area contributed by atoms with Crippen molar-refractivity contribution in [3.63, 3.8) is 0 Å². The Hall–Kier alpha value is -2.13. The van der Waals surface area contributed by atoms with Crippen molar-refractivity contribution in [1.29, 1.82) is 0 Å². The van der Waals surface area contributed by atoms with Gasteiger partial charge in [0.1, 0.15) is 0 Å². The third kappa shape index (κ3) is 2.34. The Balaban J connectivity index is 1.94. The van der Waals surface area contributed by atoms with Gasteiger partial charge in [-0.15, -0.1) is 0 Å². The number of fused-ring (bicyclic) bond motifs is 3. The summed E-state index contributed by atoms with van der Waals surface area (Å²) in [6.07, 6.45) is 0. The molecule has 0 unspecified atom stereocenters. The fraction of sp³-hybridized carbons (Fsp3) is 0.278. The van der Waals surface area contributed by atoms with Crippen molar-refractivity contribution in [1.82, 2.24) is 5.32 Å². The van der Waals surface area contributed by atoms with E-state index in [1.165, 1.54) is 22.3 Å². The van der Waals surface area contributed by atoms with E-state index >= 15 is 0 Å². The molecule has 0 saturated carbocycles. The first-order chi connectivity index (χ1) is 10.0. The average Bonchev–Trinajstić information content (AvgIpc) is 2.79. The molecule has 0 aromatic heterocycles. The molecule has 0 aliphatic heterocycles. The third-order valence-corrected chi connectivity index (χ3v) is 4.25. The van der Waals surface area contributed by atoms with E-state index in [1.54, 1.807) is 0 Å². The maximum absolute atomic E-state index is 11.5. The van der Waals surface area contributed by atoms with Crippen molar-refractivity contribution in [3.8, 4) is 11.1 Å². The highest BCUT2D eigenvalue weighted by Crippen LogP contribution is 2.43. The average molecular weight is 280 g/mol. The SMILES string of the molecule is CC(C)(CNC1c2ccccc2-c2ccccc21)C(N)=O. The van der Waals surface area contributed by atoms with Gasteiger partial charge in [0.25, 0.3) is 0 Å². The molecule has 0 fully saturated rings. The van der Waals surface area contributed by atoms with E-state index in [4.69, 9.17) is 5.73 Å². The molecular weight excluding hydrogens is 260 g/mol. The first-order valence-corrected chi connectivity index (χ1v) is 7.22. The zero-order valence-corrected chi connectivity index (χ0v) is 12.4. The van der Waals surface area contributed by atoms with E-state index in [2.05, 4.69) is 53.8 Å². The second kappa shape index (κ2) is 5.01. The van der Waals surface area contributed by atoms with Crippen LogP contribution in [0.5, 0.6) is 0 Å². The monoisotopic (exact) mass is 280 g/mol. The van der Waals surface area contributed by atoms with Gasteiger partial charge in [0, 0.05) is 6.54 Å². The summed E-state index contributed by atoms with van der Waals surface area (Å²) in [6, 6.07) is 16.9. The Labute approximate surface area is 125 Å². The summed E-state index contributed by atoms with van der Waals surface area (Å²) >= 11 is 0. The van der Waals surface area contributed by atoms with Crippen molar-refractivity contribution in [2.45, 2.75) is 19.9 Å². The van der Waals surface area contributed by atoms with Crippen molar-refractivity contribution >= 4 is 5.91 Å². The Morgan fingerprint density at radius 2 is 1.52 bits per heavy atom. The molecular formula is C18H20N2O. The van der Waals surface area contributed by atoms with Gasteiger partial charge in [-0.2, -0.15) is 0 Å². The highest BCUT2D eigenvalue weighted by atomic mass is 16.1. The number of amides is 1. The molecule has 21 heavy (non-hydrogen) atoms. The topological polar surface area (TPSA) is 55.1 Å². The lowest BCUT2D eigenvalue weighted by Crippen LogP contribution is -2.41. The quantitative estimate of drug-likeness (QED) is 0.905. The summed E-state index contributed by atoms with van der Waals surface area (Å²) in [5.74, 6) is -0.283. The lowest BCUT2D eigenvalue weighted by Gasteiger charge is -2.24. The van der Waals surface area contributed by atoms with Gasteiger partial charge in [-0.3, -0.25) is 4.79 Å². The van der Waals surface area contributed by atoms with Crippen molar-refractivity contribution < 1.29 is 4.79 Å². The zero-order valence-electron chi connectivity index (χ0n) is 12.4. The van der Waals surface area contributed by atoms with E-state index in [1.807, 2.05) is 13.8 Å². The second-order valence-electron chi connectivity index (χ2n) is 6.24. The van der Waals surface area contributed by atoms with Crippen molar-refractivity contribution in [3.05, 3.63) is 59.7 Å². The Kier molecular flexibility index (Phi) is 3.30. The summed E-state index contributed by atoms with van der Waals surface area (Å²) < 4.78 is 0. The normalized spacial score (nSPS) is 13.8. The van der Waals surface area contributed by atoms with Crippen molar-refractivity contribution in [2.24, 2.45) is 11.1 Å². The number of primary amides is 1. The molecule has 1 aliphatic rings. The summed E-state index contributed by atoms with van der Waals surface area (Å²) in [5.41, 5.74) is 9.96. The van der Waals surface area contributed by atoms with Gasteiger partial charge < -0.3 is 11.1 Å². The number of carbonyl (C=O) groups excluding carboxylic acids is 1. The molecule has 0 atom stereocenters. The largest absolute Gasteiger partial charge is 0.369 e. The standard InChI is InChI=1S/C18H20N2O/c1-18(2,17(19)21)11-20-16-14-9-5-3-7-12(14)13-8-4-6-10-15(13)16/h3-10,16,20H,11H2,1-2H3,(H2,19,21). The molecule has 3 nitrogen and oxygen atoms in total. The molecule has 3 heteroatoms.